The summed E-state index contributed by atoms with van der Waals surface area (Å²) >= 11 is 3.08. The average Bonchev–Trinajstić information content (AvgIpc) is 2.25. The fourth-order valence-electron chi connectivity index (χ4n) is 1.32. The van der Waals surface area contributed by atoms with Crippen molar-refractivity contribution in [1.29, 1.82) is 0 Å². The maximum Gasteiger partial charge on any atom is 0.201 e. The quantitative estimate of drug-likeness (QED) is 0.775. The lowest BCUT2D eigenvalue weighted by Crippen LogP contribution is -1.93. The largest absolute Gasteiger partial charge is 0.454 e. The minimum atomic E-state index is -1.01. The van der Waals surface area contributed by atoms with Crippen molar-refractivity contribution in [3.8, 4) is 11.5 Å². The maximum atomic E-state index is 13.4. The molecule has 0 unspecified atom stereocenters. The van der Waals surface area contributed by atoms with Gasteiger partial charge in [0.05, 0.1) is 0 Å². The van der Waals surface area contributed by atoms with Crippen molar-refractivity contribution >= 4 is 15.9 Å². The summed E-state index contributed by atoms with van der Waals surface area (Å²) in [6.07, 6.45) is 1.54. The van der Waals surface area contributed by atoms with Gasteiger partial charge in [-0.1, -0.05) is 15.9 Å². The Balaban J connectivity index is 2.36. The van der Waals surface area contributed by atoms with E-state index in [0.29, 0.717) is 10.2 Å². The second kappa shape index (κ2) is 4.79. The van der Waals surface area contributed by atoms with E-state index in [1.54, 1.807) is 19.1 Å². The molecule has 1 aromatic carbocycles. The van der Waals surface area contributed by atoms with E-state index in [1.165, 1.54) is 12.3 Å². The number of rotatable bonds is 2. The molecule has 0 fully saturated rings. The first-order chi connectivity index (χ1) is 8.06. The zero-order chi connectivity index (χ0) is 12.4. The van der Waals surface area contributed by atoms with Crippen LogP contribution >= 0.6 is 15.9 Å². The molecule has 0 saturated heterocycles. The molecule has 0 spiro atoms. The highest BCUT2D eigenvalue weighted by Crippen LogP contribution is 2.29. The Morgan fingerprint density at radius 3 is 2.71 bits per heavy atom. The smallest absolute Gasteiger partial charge is 0.201 e. The Bertz CT molecular complexity index is 560. The van der Waals surface area contributed by atoms with Crippen LogP contribution in [0.4, 0.5) is 8.78 Å². The number of hydrogen-bond donors (Lipinski definition) is 0. The van der Waals surface area contributed by atoms with Crippen LogP contribution in [0.15, 0.2) is 34.9 Å². The van der Waals surface area contributed by atoms with Crippen LogP contribution in [0.1, 0.15) is 5.69 Å². The average molecular weight is 300 g/mol. The first-order valence-corrected chi connectivity index (χ1v) is 5.60. The van der Waals surface area contributed by atoms with Gasteiger partial charge in [0.25, 0.3) is 0 Å². The molecule has 0 amide bonds. The Hall–Kier alpha value is -1.49. The molecule has 2 rings (SSSR count). The van der Waals surface area contributed by atoms with Crippen LogP contribution in [-0.4, -0.2) is 4.98 Å². The van der Waals surface area contributed by atoms with Crippen molar-refractivity contribution in [2.24, 2.45) is 0 Å². The Kier molecular flexibility index (Phi) is 3.38. The monoisotopic (exact) mass is 299 g/mol. The van der Waals surface area contributed by atoms with Gasteiger partial charge in [0.1, 0.15) is 5.75 Å². The molecule has 17 heavy (non-hydrogen) atoms. The highest BCUT2D eigenvalue weighted by atomic mass is 79.9. The van der Waals surface area contributed by atoms with Gasteiger partial charge in [-0.15, -0.1) is 0 Å². The summed E-state index contributed by atoms with van der Waals surface area (Å²) in [5, 5.41) is 0. The van der Waals surface area contributed by atoms with E-state index in [1.807, 2.05) is 0 Å². The third kappa shape index (κ3) is 2.79. The second-order valence-electron chi connectivity index (χ2n) is 3.43. The van der Waals surface area contributed by atoms with Gasteiger partial charge in [-0.3, -0.25) is 4.98 Å². The molecule has 0 saturated carbocycles. The SMILES string of the molecule is Cc1cc(Oc2cc(Br)cc(F)c2F)ccn1. The van der Waals surface area contributed by atoms with E-state index in [2.05, 4.69) is 20.9 Å². The molecule has 0 bridgehead atoms. The number of benzene rings is 1. The van der Waals surface area contributed by atoms with Crippen molar-refractivity contribution in [1.82, 2.24) is 4.98 Å². The summed E-state index contributed by atoms with van der Waals surface area (Å²) in [6, 6.07) is 5.62. The molecule has 0 N–H and O–H groups in total. The summed E-state index contributed by atoms with van der Waals surface area (Å²) in [7, 11) is 0. The minimum absolute atomic E-state index is 0.164. The van der Waals surface area contributed by atoms with Gasteiger partial charge in [0.15, 0.2) is 11.6 Å². The first-order valence-electron chi connectivity index (χ1n) is 4.81. The molecule has 0 aliphatic carbocycles. The van der Waals surface area contributed by atoms with E-state index >= 15 is 0 Å². The fraction of sp³-hybridized carbons (Fsp3) is 0.0833. The molecule has 1 aromatic heterocycles. The van der Waals surface area contributed by atoms with Gasteiger partial charge in [0.2, 0.25) is 5.82 Å². The fourth-order valence-corrected chi connectivity index (χ4v) is 1.73. The lowest BCUT2D eigenvalue weighted by atomic mass is 10.3. The highest BCUT2D eigenvalue weighted by molar-refractivity contribution is 9.10. The Labute approximate surface area is 105 Å². The van der Waals surface area contributed by atoms with Gasteiger partial charge < -0.3 is 4.74 Å². The molecule has 2 aromatic rings. The molecule has 0 atom stereocenters. The third-order valence-electron chi connectivity index (χ3n) is 2.06. The van der Waals surface area contributed by atoms with E-state index in [-0.39, 0.29) is 5.75 Å². The van der Waals surface area contributed by atoms with E-state index in [0.717, 1.165) is 11.8 Å². The predicted molar refractivity (Wildman–Crippen MR) is 63.1 cm³/mol. The zero-order valence-corrected chi connectivity index (χ0v) is 10.5. The summed E-state index contributed by atoms with van der Waals surface area (Å²) in [6.45, 7) is 1.78. The number of nitrogens with zero attached hydrogens (tertiary/aromatic N) is 1. The maximum absolute atomic E-state index is 13.4. The predicted octanol–water partition coefficient (Wildman–Crippen LogP) is 4.22. The third-order valence-corrected chi connectivity index (χ3v) is 2.51. The van der Waals surface area contributed by atoms with Crippen LogP contribution in [-0.2, 0) is 0 Å². The molecular formula is C12H8BrF2NO. The summed E-state index contributed by atoms with van der Waals surface area (Å²) < 4.78 is 32.2. The normalized spacial score (nSPS) is 10.4. The molecule has 0 radical (unpaired) electrons. The molecule has 2 nitrogen and oxygen atoms in total. The number of hydrogen-bond acceptors (Lipinski definition) is 2. The lowest BCUT2D eigenvalue weighted by Gasteiger charge is -2.08. The number of ether oxygens (including phenoxy) is 1. The second-order valence-corrected chi connectivity index (χ2v) is 4.35. The lowest BCUT2D eigenvalue weighted by molar-refractivity contribution is 0.415. The highest BCUT2D eigenvalue weighted by Gasteiger charge is 2.12. The van der Waals surface area contributed by atoms with Crippen LogP contribution in [0.25, 0.3) is 0 Å². The van der Waals surface area contributed by atoms with Gasteiger partial charge in [0, 0.05) is 22.4 Å². The van der Waals surface area contributed by atoms with Crippen LogP contribution in [0.5, 0.6) is 11.5 Å². The minimum Gasteiger partial charge on any atom is -0.454 e. The first kappa shape index (κ1) is 12.0. The molecule has 0 aliphatic rings. The van der Waals surface area contributed by atoms with Gasteiger partial charge >= 0.3 is 0 Å². The summed E-state index contributed by atoms with van der Waals surface area (Å²) in [5.74, 6) is -1.72. The number of halogens is 3. The standard InChI is InChI=1S/C12H8BrF2NO/c1-7-4-9(2-3-16-7)17-11-6-8(13)5-10(14)12(11)15/h2-6H,1H3. The van der Waals surface area contributed by atoms with Crippen LogP contribution in [0.3, 0.4) is 0 Å². The van der Waals surface area contributed by atoms with Crippen molar-refractivity contribution in [2.75, 3.05) is 0 Å². The summed E-state index contributed by atoms with van der Waals surface area (Å²) in [4.78, 5) is 3.98. The Morgan fingerprint density at radius 1 is 1.24 bits per heavy atom. The van der Waals surface area contributed by atoms with Crippen molar-refractivity contribution in [3.63, 3.8) is 0 Å². The van der Waals surface area contributed by atoms with Gasteiger partial charge in [-0.25, -0.2) is 4.39 Å². The van der Waals surface area contributed by atoms with E-state index < -0.39 is 11.6 Å². The van der Waals surface area contributed by atoms with Gasteiger partial charge in [-0.2, -0.15) is 4.39 Å². The Morgan fingerprint density at radius 2 is 2.00 bits per heavy atom. The van der Waals surface area contributed by atoms with E-state index in [9.17, 15) is 8.78 Å². The molecule has 5 heteroatoms. The number of aromatic nitrogens is 1. The molecule has 1 heterocycles. The number of pyridine rings is 1. The van der Waals surface area contributed by atoms with Crippen molar-refractivity contribution in [3.05, 3.63) is 52.3 Å². The van der Waals surface area contributed by atoms with Crippen molar-refractivity contribution < 1.29 is 13.5 Å². The summed E-state index contributed by atoms with van der Waals surface area (Å²) in [5.41, 5.74) is 0.735. The number of aryl methyl sites for hydroxylation is 1. The molecular weight excluding hydrogens is 292 g/mol. The topological polar surface area (TPSA) is 22.1 Å². The van der Waals surface area contributed by atoms with Crippen LogP contribution < -0.4 is 4.74 Å². The van der Waals surface area contributed by atoms with Crippen LogP contribution in [0, 0.1) is 18.6 Å². The molecule has 88 valence electrons. The molecule has 0 aliphatic heterocycles. The zero-order valence-electron chi connectivity index (χ0n) is 8.88. The van der Waals surface area contributed by atoms with Crippen LogP contribution in [0.2, 0.25) is 0 Å². The van der Waals surface area contributed by atoms with Gasteiger partial charge in [-0.05, 0) is 25.1 Å². The van der Waals surface area contributed by atoms with E-state index in [4.69, 9.17) is 4.74 Å². The van der Waals surface area contributed by atoms with Crippen molar-refractivity contribution in [2.45, 2.75) is 6.92 Å².